The number of thiocarbonyl (C=S) groups is 1. The molecule has 18 heavy (non-hydrogen) atoms. The molecular weight excluding hydrogens is 246 g/mol. The first-order valence-corrected chi connectivity index (χ1v) is 6.68. The molecule has 0 amide bonds. The minimum atomic E-state index is 0.109. The van der Waals surface area contributed by atoms with Gasteiger partial charge in [0.2, 0.25) is 0 Å². The zero-order valence-corrected chi connectivity index (χ0v) is 11.8. The van der Waals surface area contributed by atoms with E-state index in [1.807, 2.05) is 32.0 Å². The van der Waals surface area contributed by atoms with Gasteiger partial charge in [-0.2, -0.15) is 0 Å². The van der Waals surface area contributed by atoms with Crippen LogP contribution in [-0.2, 0) is 4.74 Å². The van der Waals surface area contributed by atoms with Crippen molar-refractivity contribution in [3.8, 4) is 0 Å². The SMILES string of the molecule is CCOCCCNC(=S)NC(C)c1ccccn1. The molecular formula is C13H21N3OS. The van der Waals surface area contributed by atoms with Crippen LogP contribution in [0.4, 0.5) is 0 Å². The highest BCUT2D eigenvalue weighted by molar-refractivity contribution is 7.80. The minimum absolute atomic E-state index is 0.109. The van der Waals surface area contributed by atoms with E-state index >= 15 is 0 Å². The summed E-state index contributed by atoms with van der Waals surface area (Å²) in [6, 6.07) is 5.97. The Labute approximate surface area is 114 Å². The van der Waals surface area contributed by atoms with E-state index in [1.165, 1.54) is 0 Å². The van der Waals surface area contributed by atoms with Crippen LogP contribution >= 0.6 is 12.2 Å². The lowest BCUT2D eigenvalue weighted by molar-refractivity contribution is 0.145. The van der Waals surface area contributed by atoms with Crippen molar-refractivity contribution in [2.75, 3.05) is 19.8 Å². The van der Waals surface area contributed by atoms with Crippen LogP contribution in [0.3, 0.4) is 0 Å². The van der Waals surface area contributed by atoms with Gasteiger partial charge in [0.05, 0.1) is 11.7 Å². The molecule has 4 nitrogen and oxygen atoms in total. The summed E-state index contributed by atoms with van der Waals surface area (Å²) in [6.07, 6.45) is 2.74. The van der Waals surface area contributed by atoms with Crippen LogP contribution in [-0.4, -0.2) is 29.9 Å². The normalized spacial score (nSPS) is 11.9. The van der Waals surface area contributed by atoms with Gasteiger partial charge in [0.25, 0.3) is 0 Å². The molecule has 0 fully saturated rings. The van der Waals surface area contributed by atoms with Crippen LogP contribution in [0.25, 0.3) is 0 Å². The van der Waals surface area contributed by atoms with E-state index in [0.29, 0.717) is 5.11 Å². The van der Waals surface area contributed by atoms with E-state index in [-0.39, 0.29) is 6.04 Å². The third kappa shape index (κ3) is 5.93. The lowest BCUT2D eigenvalue weighted by atomic mass is 10.2. The zero-order chi connectivity index (χ0) is 13.2. The highest BCUT2D eigenvalue weighted by Crippen LogP contribution is 2.07. The second kappa shape index (κ2) is 8.83. The summed E-state index contributed by atoms with van der Waals surface area (Å²) in [5.74, 6) is 0. The van der Waals surface area contributed by atoms with Crippen molar-refractivity contribution < 1.29 is 4.74 Å². The Bertz CT molecular complexity index is 345. The molecule has 1 aromatic heterocycles. The summed E-state index contributed by atoms with van der Waals surface area (Å²) < 4.78 is 5.25. The Morgan fingerprint density at radius 2 is 2.33 bits per heavy atom. The highest BCUT2D eigenvalue weighted by Gasteiger charge is 2.06. The lowest BCUT2D eigenvalue weighted by Crippen LogP contribution is -2.37. The highest BCUT2D eigenvalue weighted by atomic mass is 32.1. The summed E-state index contributed by atoms with van der Waals surface area (Å²) in [4.78, 5) is 4.28. The topological polar surface area (TPSA) is 46.2 Å². The van der Waals surface area contributed by atoms with Gasteiger partial charge >= 0.3 is 0 Å². The predicted molar refractivity (Wildman–Crippen MR) is 77.5 cm³/mol. The van der Waals surface area contributed by atoms with Crippen LogP contribution in [0, 0.1) is 0 Å². The average Bonchev–Trinajstić information content (AvgIpc) is 2.39. The van der Waals surface area contributed by atoms with Crippen molar-refractivity contribution in [3.05, 3.63) is 30.1 Å². The van der Waals surface area contributed by atoms with Gasteiger partial charge in [-0.25, -0.2) is 0 Å². The van der Waals surface area contributed by atoms with Crippen molar-refractivity contribution in [2.24, 2.45) is 0 Å². The molecule has 0 bridgehead atoms. The van der Waals surface area contributed by atoms with Gasteiger partial charge in [0, 0.05) is 26.0 Å². The first-order valence-electron chi connectivity index (χ1n) is 6.27. The largest absolute Gasteiger partial charge is 0.382 e. The van der Waals surface area contributed by atoms with Crippen LogP contribution in [0.5, 0.6) is 0 Å². The molecule has 2 N–H and O–H groups in total. The van der Waals surface area contributed by atoms with Gasteiger partial charge in [0.1, 0.15) is 0 Å². The van der Waals surface area contributed by atoms with Crippen LogP contribution in [0.2, 0.25) is 0 Å². The Hall–Kier alpha value is -1.20. The Morgan fingerprint density at radius 1 is 1.50 bits per heavy atom. The number of hydrogen-bond acceptors (Lipinski definition) is 3. The summed E-state index contributed by atoms with van der Waals surface area (Å²) >= 11 is 5.22. The first kappa shape index (κ1) is 14.9. The molecule has 5 heteroatoms. The maximum atomic E-state index is 5.25. The number of rotatable bonds is 7. The fraction of sp³-hybridized carbons (Fsp3) is 0.538. The minimum Gasteiger partial charge on any atom is -0.382 e. The standard InChI is InChI=1S/C13H21N3OS/c1-3-17-10-6-9-15-13(18)16-11(2)12-7-4-5-8-14-12/h4-5,7-8,11H,3,6,9-10H2,1-2H3,(H2,15,16,18). The van der Waals surface area contributed by atoms with E-state index in [0.717, 1.165) is 31.9 Å². The maximum Gasteiger partial charge on any atom is 0.166 e. The third-order valence-corrected chi connectivity index (χ3v) is 2.70. The second-order valence-electron chi connectivity index (χ2n) is 3.93. The summed E-state index contributed by atoms with van der Waals surface area (Å²) in [5, 5.41) is 7.02. The molecule has 1 unspecified atom stereocenters. The Morgan fingerprint density at radius 3 is 3.00 bits per heavy atom. The molecule has 0 saturated heterocycles. The Kier molecular flexibility index (Phi) is 7.29. The fourth-order valence-corrected chi connectivity index (χ4v) is 1.75. The van der Waals surface area contributed by atoms with Gasteiger partial charge in [-0.05, 0) is 44.6 Å². The average molecular weight is 267 g/mol. The molecule has 1 aromatic rings. The van der Waals surface area contributed by atoms with Gasteiger partial charge in [0.15, 0.2) is 5.11 Å². The summed E-state index contributed by atoms with van der Waals surface area (Å²) in [6.45, 7) is 6.38. The number of pyridine rings is 1. The van der Waals surface area contributed by atoms with Crippen molar-refractivity contribution in [3.63, 3.8) is 0 Å². The molecule has 0 aliphatic carbocycles. The number of ether oxygens (including phenoxy) is 1. The maximum absolute atomic E-state index is 5.25. The number of nitrogens with one attached hydrogen (secondary N) is 2. The van der Waals surface area contributed by atoms with Crippen molar-refractivity contribution >= 4 is 17.3 Å². The summed E-state index contributed by atoms with van der Waals surface area (Å²) in [5.41, 5.74) is 0.982. The van der Waals surface area contributed by atoms with Gasteiger partial charge in [-0.3, -0.25) is 4.98 Å². The van der Waals surface area contributed by atoms with E-state index < -0.39 is 0 Å². The molecule has 0 aliphatic rings. The number of nitrogens with zero attached hydrogens (tertiary/aromatic N) is 1. The molecule has 0 saturated carbocycles. The third-order valence-electron chi connectivity index (χ3n) is 2.43. The predicted octanol–water partition coefficient (Wildman–Crippen LogP) is 2.03. The monoisotopic (exact) mass is 267 g/mol. The van der Waals surface area contributed by atoms with Crippen LogP contribution in [0.1, 0.15) is 32.0 Å². The first-order chi connectivity index (χ1) is 8.74. The van der Waals surface area contributed by atoms with E-state index in [4.69, 9.17) is 17.0 Å². The van der Waals surface area contributed by atoms with Crippen LogP contribution < -0.4 is 10.6 Å². The fourth-order valence-electron chi connectivity index (χ4n) is 1.47. The number of aromatic nitrogens is 1. The number of hydrogen-bond donors (Lipinski definition) is 2. The lowest BCUT2D eigenvalue weighted by Gasteiger charge is -2.16. The molecule has 1 rings (SSSR count). The molecule has 0 spiro atoms. The zero-order valence-electron chi connectivity index (χ0n) is 11.0. The van der Waals surface area contributed by atoms with E-state index in [2.05, 4.69) is 15.6 Å². The van der Waals surface area contributed by atoms with E-state index in [1.54, 1.807) is 6.20 Å². The smallest absolute Gasteiger partial charge is 0.166 e. The van der Waals surface area contributed by atoms with Crippen molar-refractivity contribution in [2.45, 2.75) is 26.3 Å². The van der Waals surface area contributed by atoms with Crippen molar-refractivity contribution in [1.82, 2.24) is 15.6 Å². The molecule has 1 heterocycles. The molecule has 0 radical (unpaired) electrons. The van der Waals surface area contributed by atoms with Crippen molar-refractivity contribution in [1.29, 1.82) is 0 Å². The molecule has 0 aromatic carbocycles. The Balaban J connectivity index is 2.20. The quantitative estimate of drug-likeness (QED) is 0.585. The molecule has 1 atom stereocenters. The van der Waals surface area contributed by atoms with Gasteiger partial charge in [-0.15, -0.1) is 0 Å². The summed E-state index contributed by atoms with van der Waals surface area (Å²) in [7, 11) is 0. The van der Waals surface area contributed by atoms with Gasteiger partial charge < -0.3 is 15.4 Å². The second-order valence-corrected chi connectivity index (χ2v) is 4.34. The van der Waals surface area contributed by atoms with Crippen LogP contribution in [0.15, 0.2) is 24.4 Å². The molecule has 100 valence electrons. The van der Waals surface area contributed by atoms with Gasteiger partial charge in [-0.1, -0.05) is 6.07 Å². The molecule has 0 aliphatic heterocycles. The van der Waals surface area contributed by atoms with E-state index in [9.17, 15) is 0 Å².